The van der Waals surface area contributed by atoms with E-state index in [9.17, 15) is 0 Å². The molecule has 2 aromatic heterocycles. The Labute approximate surface area is 154 Å². The molecule has 0 spiro atoms. The van der Waals surface area contributed by atoms with Crippen molar-refractivity contribution in [3.05, 3.63) is 47.1 Å². The summed E-state index contributed by atoms with van der Waals surface area (Å²) in [7, 11) is 2.14. The lowest BCUT2D eigenvalue weighted by Crippen LogP contribution is -2.45. The second kappa shape index (κ2) is 6.93. The number of piperazine rings is 1. The first-order valence-electron chi connectivity index (χ1n) is 8.19. The molecule has 6 nitrogen and oxygen atoms in total. The van der Waals surface area contributed by atoms with E-state index >= 15 is 0 Å². The van der Waals surface area contributed by atoms with Gasteiger partial charge in [-0.15, -0.1) is 10.2 Å². The molecule has 3 heterocycles. The Morgan fingerprint density at radius 3 is 2.44 bits per heavy atom. The lowest BCUT2D eigenvalue weighted by Gasteiger charge is -2.33. The van der Waals surface area contributed by atoms with Gasteiger partial charge < -0.3 is 14.2 Å². The summed E-state index contributed by atoms with van der Waals surface area (Å²) < 4.78 is 6.48. The largest absolute Gasteiger partial charge is 0.461 e. The average molecular weight is 400 g/mol. The van der Waals surface area contributed by atoms with Gasteiger partial charge in [-0.2, -0.15) is 0 Å². The fourth-order valence-electron chi connectivity index (χ4n) is 2.86. The highest BCUT2D eigenvalue weighted by Crippen LogP contribution is 2.30. The third-order valence-electron chi connectivity index (χ3n) is 4.33. The average Bonchev–Trinajstić information content (AvgIpc) is 3.17. The first kappa shape index (κ1) is 16.2. The van der Waals surface area contributed by atoms with E-state index in [1.807, 2.05) is 36.4 Å². The van der Waals surface area contributed by atoms with Crippen molar-refractivity contribution in [1.82, 2.24) is 20.1 Å². The van der Waals surface area contributed by atoms with Crippen LogP contribution in [-0.2, 0) is 0 Å². The van der Waals surface area contributed by atoms with Gasteiger partial charge in [0.1, 0.15) is 5.69 Å². The van der Waals surface area contributed by atoms with Gasteiger partial charge in [0.15, 0.2) is 11.6 Å². The van der Waals surface area contributed by atoms with Crippen LogP contribution in [0.2, 0.25) is 0 Å². The highest BCUT2D eigenvalue weighted by Gasteiger charge is 2.22. The van der Waals surface area contributed by atoms with Crippen LogP contribution in [0.25, 0.3) is 22.8 Å². The molecule has 1 aromatic carbocycles. The van der Waals surface area contributed by atoms with Gasteiger partial charge in [0, 0.05) is 36.2 Å². The summed E-state index contributed by atoms with van der Waals surface area (Å²) in [4.78, 5) is 9.38. The van der Waals surface area contributed by atoms with Crippen molar-refractivity contribution in [3.63, 3.8) is 0 Å². The number of furan rings is 1. The number of anilines is 1. The van der Waals surface area contributed by atoms with Gasteiger partial charge in [-0.3, -0.25) is 0 Å². The van der Waals surface area contributed by atoms with Crippen molar-refractivity contribution in [2.24, 2.45) is 0 Å². The summed E-state index contributed by atoms with van der Waals surface area (Å²) in [5, 5.41) is 8.77. The number of hydrogen-bond acceptors (Lipinski definition) is 6. The minimum absolute atomic E-state index is 0.514. The van der Waals surface area contributed by atoms with E-state index in [1.54, 1.807) is 6.26 Å². The van der Waals surface area contributed by atoms with Crippen LogP contribution in [0.4, 0.5) is 5.82 Å². The molecule has 1 saturated heterocycles. The Morgan fingerprint density at radius 1 is 1.00 bits per heavy atom. The predicted molar refractivity (Wildman–Crippen MR) is 100 cm³/mol. The van der Waals surface area contributed by atoms with Gasteiger partial charge in [-0.25, -0.2) is 4.98 Å². The Bertz CT molecular complexity index is 842. The van der Waals surface area contributed by atoms with Gasteiger partial charge in [0.2, 0.25) is 5.82 Å². The van der Waals surface area contributed by atoms with Gasteiger partial charge in [0.05, 0.1) is 6.26 Å². The number of hydrogen-bond donors (Lipinski definition) is 0. The molecule has 7 heteroatoms. The van der Waals surface area contributed by atoms with Crippen molar-refractivity contribution in [2.45, 2.75) is 0 Å². The van der Waals surface area contributed by atoms with Crippen molar-refractivity contribution in [3.8, 4) is 22.8 Å². The molecule has 0 N–H and O–H groups in total. The van der Waals surface area contributed by atoms with Gasteiger partial charge in [-0.1, -0.05) is 28.1 Å². The molecule has 1 aliphatic heterocycles. The van der Waals surface area contributed by atoms with Crippen LogP contribution in [-0.4, -0.2) is 53.3 Å². The highest BCUT2D eigenvalue weighted by atomic mass is 79.9. The SMILES string of the molecule is CN1CCN(c2nc(-c3ccco3)nnc2-c2ccc(Br)cc2)CC1. The zero-order valence-electron chi connectivity index (χ0n) is 13.9. The second-order valence-electron chi connectivity index (χ2n) is 6.08. The van der Waals surface area contributed by atoms with E-state index in [4.69, 9.17) is 9.40 Å². The number of aromatic nitrogens is 3. The first-order valence-corrected chi connectivity index (χ1v) is 8.98. The van der Waals surface area contributed by atoms with E-state index < -0.39 is 0 Å². The van der Waals surface area contributed by atoms with Crippen LogP contribution in [0.3, 0.4) is 0 Å². The molecule has 0 unspecified atom stereocenters. The molecule has 1 fully saturated rings. The van der Waals surface area contributed by atoms with Crippen LogP contribution in [0, 0.1) is 0 Å². The van der Waals surface area contributed by atoms with Gasteiger partial charge in [0.25, 0.3) is 0 Å². The van der Waals surface area contributed by atoms with Crippen LogP contribution >= 0.6 is 15.9 Å². The monoisotopic (exact) mass is 399 g/mol. The molecule has 0 radical (unpaired) electrons. The van der Waals surface area contributed by atoms with E-state index in [0.29, 0.717) is 11.6 Å². The molecule has 0 atom stereocenters. The normalized spacial score (nSPS) is 15.5. The van der Waals surface area contributed by atoms with Crippen molar-refractivity contribution in [2.75, 3.05) is 38.1 Å². The fraction of sp³-hybridized carbons (Fsp3) is 0.278. The quantitative estimate of drug-likeness (QED) is 0.673. The summed E-state index contributed by atoms with van der Waals surface area (Å²) in [5.41, 5.74) is 1.80. The number of nitrogens with zero attached hydrogens (tertiary/aromatic N) is 5. The Morgan fingerprint density at radius 2 is 1.76 bits per heavy atom. The van der Waals surface area contributed by atoms with Crippen molar-refractivity contribution in [1.29, 1.82) is 0 Å². The molecular weight excluding hydrogens is 382 g/mol. The third-order valence-corrected chi connectivity index (χ3v) is 4.86. The van der Waals surface area contributed by atoms with Crippen LogP contribution in [0.1, 0.15) is 0 Å². The predicted octanol–water partition coefficient (Wildman–Crippen LogP) is 3.31. The fourth-order valence-corrected chi connectivity index (χ4v) is 3.13. The molecule has 4 rings (SSSR count). The summed E-state index contributed by atoms with van der Waals surface area (Å²) in [6.07, 6.45) is 1.62. The maximum Gasteiger partial charge on any atom is 0.219 e. The molecule has 3 aromatic rings. The molecule has 0 bridgehead atoms. The van der Waals surface area contributed by atoms with E-state index in [2.05, 4.69) is 43.0 Å². The number of likely N-dealkylation sites (N-methyl/N-ethyl adjacent to an activating group) is 1. The lowest BCUT2D eigenvalue weighted by molar-refractivity contribution is 0.312. The molecule has 1 aliphatic rings. The summed E-state index contributed by atoms with van der Waals surface area (Å²) in [6, 6.07) is 11.8. The Balaban J connectivity index is 1.78. The van der Waals surface area contributed by atoms with Gasteiger partial charge in [-0.05, 0) is 31.3 Å². The van der Waals surface area contributed by atoms with Crippen LogP contribution < -0.4 is 4.90 Å². The molecular formula is C18H18BrN5O. The topological polar surface area (TPSA) is 58.3 Å². The number of benzene rings is 1. The van der Waals surface area contributed by atoms with Crippen LogP contribution in [0.15, 0.2) is 51.6 Å². The summed E-state index contributed by atoms with van der Waals surface area (Å²) >= 11 is 3.48. The number of halogens is 1. The third kappa shape index (κ3) is 3.43. The zero-order chi connectivity index (χ0) is 17.2. The maximum atomic E-state index is 5.44. The summed E-state index contributed by atoms with van der Waals surface area (Å²) in [5.74, 6) is 2.00. The molecule has 128 valence electrons. The van der Waals surface area contributed by atoms with E-state index in [1.165, 1.54) is 0 Å². The van der Waals surface area contributed by atoms with E-state index in [0.717, 1.165) is 47.7 Å². The molecule has 0 saturated carbocycles. The molecule has 0 amide bonds. The molecule has 25 heavy (non-hydrogen) atoms. The zero-order valence-corrected chi connectivity index (χ0v) is 15.5. The first-order chi connectivity index (χ1) is 12.2. The summed E-state index contributed by atoms with van der Waals surface area (Å²) in [6.45, 7) is 3.83. The Hall–Kier alpha value is -2.25. The molecule has 0 aliphatic carbocycles. The minimum Gasteiger partial charge on any atom is -0.461 e. The standard InChI is InChI=1S/C18H18BrN5O/c1-23-8-10-24(11-9-23)18-16(13-4-6-14(19)7-5-13)21-22-17(20-18)15-3-2-12-25-15/h2-7,12H,8-11H2,1H3. The minimum atomic E-state index is 0.514. The van der Waals surface area contributed by atoms with Crippen LogP contribution in [0.5, 0.6) is 0 Å². The van der Waals surface area contributed by atoms with Gasteiger partial charge >= 0.3 is 0 Å². The highest BCUT2D eigenvalue weighted by molar-refractivity contribution is 9.10. The van der Waals surface area contributed by atoms with Crippen molar-refractivity contribution < 1.29 is 4.42 Å². The lowest BCUT2D eigenvalue weighted by atomic mass is 10.1. The smallest absolute Gasteiger partial charge is 0.219 e. The van der Waals surface area contributed by atoms with Crippen molar-refractivity contribution >= 4 is 21.7 Å². The number of rotatable bonds is 3. The van der Waals surface area contributed by atoms with E-state index in [-0.39, 0.29) is 0 Å². The Kier molecular flexibility index (Phi) is 4.50. The maximum absolute atomic E-state index is 5.44. The second-order valence-corrected chi connectivity index (χ2v) is 7.00.